The Morgan fingerprint density at radius 2 is 2.14 bits per heavy atom. The van der Waals surface area contributed by atoms with Gasteiger partial charge < -0.3 is 0 Å². The molecule has 0 aromatic rings. The third kappa shape index (κ3) is 1.41. The Morgan fingerprint density at radius 3 is 2.79 bits per heavy atom. The summed E-state index contributed by atoms with van der Waals surface area (Å²) in [6.07, 6.45) is 2.45. The summed E-state index contributed by atoms with van der Waals surface area (Å²) < 4.78 is 26.3. The molecule has 2 fully saturated rings. The molecule has 1 saturated carbocycles. The second-order valence-electron chi connectivity index (χ2n) is 5.01. The number of rotatable bonds is 0. The minimum atomic E-state index is -3.07. The van der Waals surface area contributed by atoms with E-state index < -0.39 is 10.0 Å². The van der Waals surface area contributed by atoms with Crippen LogP contribution in [0.5, 0.6) is 0 Å². The molecule has 0 bridgehead atoms. The number of hydrogen-bond acceptors (Lipinski definition) is 2. The Labute approximate surface area is 85.6 Å². The van der Waals surface area contributed by atoms with Crippen LogP contribution in [0.4, 0.5) is 0 Å². The summed E-state index contributed by atoms with van der Waals surface area (Å²) >= 11 is 0. The molecule has 1 saturated heterocycles. The lowest BCUT2D eigenvalue weighted by Crippen LogP contribution is -2.40. The average molecular weight is 215 g/mol. The van der Waals surface area contributed by atoms with E-state index in [1.165, 1.54) is 5.57 Å². The Hall–Kier alpha value is -0.350. The quantitative estimate of drug-likeness (QED) is 0.621. The summed E-state index contributed by atoms with van der Waals surface area (Å²) in [6.45, 7) is 7.90. The largest absolute Gasteiger partial charge is 0.215 e. The molecule has 0 radical (unpaired) electrons. The van der Waals surface area contributed by atoms with Crippen molar-refractivity contribution < 1.29 is 8.42 Å². The van der Waals surface area contributed by atoms with Crippen LogP contribution in [-0.4, -0.2) is 19.2 Å². The van der Waals surface area contributed by atoms with Gasteiger partial charge in [0.1, 0.15) is 0 Å². The maximum atomic E-state index is 11.8. The van der Waals surface area contributed by atoms with E-state index in [9.17, 15) is 8.42 Å². The third-order valence-electron chi connectivity index (χ3n) is 3.47. The third-order valence-corrected chi connectivity index (χ3v) is 5.64. The first-order chi connectivity index (χ1) is 6.33. The summed E-state index contributed by atoms with van der Waals surface area (Å²) in [7, 11) is -3.07. The Bertz CT molecular complexity index is 370. The number of nitrogens with one attached hydrogen (secondary N) is 1. The van der Waals surface area contributed by atoms with Crippen LogP contribution >= 0.6 is 0 Å². The van der Waals surface area contributed by atoms with Gasteiger partial charge in [0.05, 0.1) is 5.25 Å². The van der Waals surface area contributed by atoms with E-state index in [0.717, 1.165) is 19.3 Å². The van der Waals surface area contributed by atoms with Crippen LogP contribution < -0.4 is 4.72 Å². The van der Waals surface area contributed by atoms with E-state index in [-0.39, 0.29) is 16.7 Å². The molecule has 4 heteroatoms. The molecule has 2 rings (SSSR count). The van der Waals surface area contributed by atoms with Gasteiger partial charge in [0.2, 0.25) is 10.0 Å². The van der Waals surface area contributed by atoms with Crippen LogP contribution in [0.25, 0.3) is 0 Å². The minimum absolute atomic E-state index is 0.192. The minimum Gasteiger partial charge on any atom is -0.212 e. The van der Waals surface area contributed by atoms with Crippen molar-refractivity contribution in [3.8, 4) is 0 Å². The van der Waals surface area contributed by atoms with Crippen LogP contribution in [-0.2, 0) is 10.0 Å². The maximum absolute atomic E-state index is 11.8. The predicted octanol–water partition coefficient (Wildman–Crippen LogP) is 1.42. The van der Waals surface area contributed by atoms with Crippen LogP contribution in [0.15, 0.2) is 12.2 Å². The summed E-state index contributed by atoms with van der Waals surface area (Å²) in [5.74, 6) is 0.203. The van der Waals surface area contributed by atoms with Crippen molar-refractivity contribution >= 4 is 10.0 Å². The van der Waals surface area contributed by atoms with Crippen LogP contribution in [0, 0.1) is 5.92 Å². The maximum Gasteiger partial charge on any atom is 0.215 e. The second kappa shape index (κ2) is 2.83. The van der Waals surface area contributed by atoms with Gasteiger partial charge in [-0.25, -0.2) is 13.1 Å². The van der Waals surface area contributed by atoms with Crippen molar-refractivity contribution in [1.82, 2.24) is 4.72 Å². The molecule has 1 heterocycles. The van der Waals surface area contributed by atoms with Gasteiger partial charge in [-0.05, 0) is 39.0 Å². The Balaban J connectivity index is 2.38. The van der Waals surface area contributed by atoms with E-state index in [4.69, 9.17) is 0 Å². The lowest BCUT2D eigenvalue weighted by atomic mass is 9.75. The first-order valence-corrected chi connectivity index (χ1v) is 6.57. The van der Waals surface area contributed by atoms with Gasteiger partial charge in [-0.15, -0.1) is 0 Å². The molecule has 0 aromatic heterocycles. The van der Waals surface area contributed by atoms with Gasteiger partial charge in [0.25, 0.3) is 0 Å². The fourth-order valence-electron chi connectivity index (χ4n) is 2.70. The highest BCUT2D eigenvalue weighted by molar-refractivity contribution is 7.90. The number of allylic oxidation sites excluding steroid dienone is 1. The van der Waals surface area contributed by atoms with Gasteiger partial charge in [0.15, 0.2) is 0 Å². The van der Waals surface area contributed by atoms with Crippen LogP contribution in [0.2, 0.25) is 0 Å². The lowest BCUT2D eigenvalue weighted by molar-refractivity contribution is 0.289. The van der Waals surface area contributed by atoms with Crippen LogP contribution in [0.1, 0.15) is 33.1 Å². The van der Waals surface area contributed by atoms with E-state index in [2.05, 4.69) is 11.3 Å². The van der Waals surface area contributed by atoms with Crippen molar-refractivity contribution in [3.05, 3.63) is 12.2 Å². The second-order valence-corrected chi connectivity index (χ2v) is 6.91. The molecule has 2 atom stereocenters. The van der Waals surface area contributed by atoms with Gasteiger partial charge in [-0.1, -0.05) is 12.2 Å². The molecular weight excluding hydrogens is 198 g/mol. The van der Waals surface area contributed by atoms with Crippen molar-refractivity contribution in [2.45, 2.75) is 43.9 Å². The highest BCUT2D eigenvalue weighted by atomic mass is 32.2. The number of hydrogen-bond donors (Lipinski definition) is 1. The summed E-state index contributed by atoms with van der Waals surface area (Å²) in [4.78, 5) is 0. The van der Waals surface area contributed by atoms with Gasteiger partial charge in [-0.3, -0.25) is 0 Å². The van der Waals surface area contributed by atoms with Crippen LogP contribution in [0.3, 0.4) is 0 Å². The highest BCUT2D eigenvalue weighted by Gasteiger charge is 2.52. The molecule has 1 aliphatic heterocycles. The Kier molecular flexibility index (Phi) is 2.05. The highest BCUT2D eigenvalue weighted by Crippen LogP contribution is 2.43. The molecule has 0 spiro atoms. The summed E-state index contributed by atoms with van der Waals surface area (Å²) in [5, 5.41) is -0.192. The Morgan fingerprint density at radius 1 is 1.50 bits per heavy atom. The SMILES string of the molecule is C=C1CCC2C(C1)C(C)(C)NS2(=O)=O. The molecule has 1 N–H and O–H groups in total. The zero-order chi connectivity index (χ0) is 10.6. The molecule has 2 unspecified atom stereocenters. The predicted molar refractivity (Wildman–Crippen MR) is 56.4 cm³/mol. The molecule has 14 heavy (non-hydrogen) atoms. The number of sulfonamides is 1. The fraction of sp³-hybridized carbons (Fsp3) is 0.800. The molecule has 3 nitrogen and oxygen atoms in total. The first kappa shape index (κ1) is 10.2. The molecule has 0 amide bonds. The summed E-state index contributed by atoms with van der Waals surface area (Å²) in [6, 6.07) is 0. The molecule has 1 aliphatic carbocycles. The summed E-state index contributed by atoms with van der Waals surface area (Å²) in [5.41, 5.74) is 0.894. The lowest BCUT2D eigenvalue weighted by Gasteiger charge is -2.32. The van der Waals surface area contributed by atoms with Gasteiger partial charge in [0, 0.05) is 5.54 Å². The van der Waals surface area contributed by atoms with Crippen molar-refractivity contribution in [2.75, 3.05) is 0 Å². The van der Waals surface area contributed by atoms with Crippen molar-refractivity contribution in [2.24, 2.45) is 5.92 Å². The smallest absolute Gasteiger partial charge is 0.212 e. The molecule has 80 valence electrons. The zero-order valence-corrected chi connectivity index (χ0v) is 9.52. The van der Waals surface area contributed by atoms with E-state index in [1.807, 2.05) is 13.8 Å². The molecule has 0 aromatic carbocycles. The fourth-order valence-corrected chi connectivity index (χ4v) is 5.03. The van der Waals surface area contributed by atoms with E-state index in [0.29, 0.717) is 0 Å². The van der Waals surface area contributed by atoms with Gasteiger partial charge >= 0.3 is 0 Å². The van der Waals surface area contributed by atoms with E-state index in [1.54, 1.807) is 0 Å². The van der Waals surface area contributed by atoms with Gasteiger partial charge in [-0.2, -0.15) is 0 Å². The average Bonchev–Trinajstić information content (AvgIpc) is 2.17. The zero-order valence-electron chi connectivity index (χ0n) is 8.71. The van der Waals surface area contributed by atoms with E-state index >= 15 is 0 Å². The topological polar surface area (TPSA) is 46.2 Å². The molecule has 2 aliphatic rings. The standard InChI is InChI=1S/C10H17NO2S/c1-7-4-5-9-8(6-7)10(2,3)11-14(9,12)13/h8-9,11H,1,4-6H2,2-3H3. The molecular formula is C10H17NO2S. The number of fused-ring (bicyclic) bond motifs is 1. The van der Waals surface area contributed by atoms with Crippen molar-refractivity contribution in [3.63, 3.8) is 0 Å². The monoisotopic (exact) mass is 215 g/mol. The normalized spacial score (nSPS) is 39.4. The van der Waals surface area contributed by atoms with Crippen molar-refractivity contribution in [1.29, 1.82) is 0 Å². The first-order valence-electron chi connectivity index (χ1n) is 5.02.